The van der Waals surface area contributed by atoms with Crippen LogP contribution in [-0.4, -0.2) is 36.8 Å². The van der Waals surface area contributed by atoms with Gasteiger partial charge in [-0.05, 0) is 23.8 Å². The molecule has 0 amide bonds. The van der Waals surface area contributed by atoms with Gasteiger partial charge in [0, 0.05) is 17.1 Å². The Balaban J connectivity index is 1.98. The number of morpholine rings is 1. The summed E-state index contributed by atoms with van der Waals surface area (Å²) in [4.78, 5) is 8.47. The third-order valence-corrected chi connectivity index (χ3v) is 3.72. The monoisotopic (exact) mass is 320 g/mol. The Morgan fingerprint density at radius 2 is 2.27 bits per heavy atom. The summed E-state index contributed by atoms with van der Waals surface area (Å²) < 4.78 is 10.6. The van der Waals surface area contributed by atoms with Crippen LogP contribution < -0.4 is 15.8 Å². The first kappa shape index (κ1) is 15.0. The maximum absolute atomic E-state index is 6.25. The molecule has 1 aromatic carbocycles. The SMILES string of the molecule is COc1nc(-c2cc(Cl)cc(C3COCCN3)c2)cnc1N. The summed E-state index contributed by atoms with van der Waals surface area (Å²) in [5, 5.41) is 4.05. The molecule has 6 nitrogen and oxygen atoms in total. The molecule has 1 aliphatic rings. The van der Waals surface area contributed by atoms with Crippen molar-refractivity contribution in [3.63, 3.8) is 0 Å². The Morgan fingerprint density at radius 1 is 1.41 bits per heavy atom. The molecule has 1 saturated heterocycles. The molecule has 0 saturated carbocycles. The molecule has 2 heterocycles. The molecule has 1 aromatic heterocycles. The Bertz CT molecular complexity index is 675. The zero-order valence-electron chi connectivity index (χ0n) is 12.2. The van der Waals surface area contributed by atoms with Crippen molar-refractivity contribution in [3.8, 4) is 17.1 Å². The number of hydrogen-bond acceptors (Lipinski definition) is 6. The maximum Gasteiger partial charge on any atom is 0.257 e. The van der Waals surface area contributed by atoms with Crippen molar-refractivity contribution in [1.29, 1.82) is 0 Å². The fourth-order valence-electron chi connectivity index (χ4n) is 2.41. The van der Waals surface area contributed by atoms with E-state index in [-0.39, 0.29) is 11.9 Å². The Labute approximate surface area is 133 Å². The van der Waals surface area contributed by atoms with Crippen molar-refractivity contribution < 1.29 is 9.47 Å². The van der Waals surface area contributed by atoms with Gasteiger partial charge in [-0.25, -0.2) is 9.97 Å². The van der Waals surface area contributed by atoms with Gasteiger partial charge in [-0.1, -0.05) is 11.6 Å². The number of rotatable bonds is 3. The molecule has 0 radical (unpaired) electrons. The lowest BCUT2D eigenvalue weighted by molar-refractivity contribution is 0.0769. The Morgan fingerprint density at radius 3 is 3.00 bits per heavy atom. The molecular formula is C15H17ClN4O2. The predicted octanol–water partition coefficient (Wildman–Crippen LogP) is 2.05. The number of halogens is 1. The van der Waals surface area contributed by atoms with Gasteiger partial charge in [0.05, 0.1) is 38.3 Å². The first-order valence-electron chi connectivity index (χ1n) is 6.96. The molecule has 1 atom stereocenters. The number of nitrogen functional groups attached to an aromatic ring is 1. The van der Waals surface area contributed by atoms with Crippen molar-refractivity contribution in [1.82, 2.24) is 15.3 Å². The quantitative estimate of drug-likeness (QED) is 0.900. The van der Waals surface area contributed by atoms with E-state index >= 15 is 0 Å². The first-order chi connectivity index (χ1) is 10.7. The summed E-state index contributed by atoms with van der Waals surface area (Å²) >= 11 is 6.25. The molecule has 22 heavy (non-hydrogen) atoms. The van der Waals surface area contributed by atoms with Crippen LogP contribution in [0, 0.1) is 0 Å². The van der Waals surface area contributed by atoms with Crippen molar-refractivity contribution in [2.45, 2.75) is 6.04 Å². The van der Waals surface area contributed by atoms with Crippen LogP contribution in [0.2, 0.25) is 5.02 Å². The minimum Gasteiger partial charge on any atom is -0.478 e. The number of benzene rings is 1. The van der Waals surface area contributed by atoms with E-state index < -0.39 is 0 Å². The number of methoxy groups -OCH3 is 1. The number of nitrogens with zero attached hydrogens (tertiary/aromatic N) is 2. The fraction of sp³-hybridized carbons (Fsp3) is 0.333. The van der Waals surface area contributed by atoms with Crippen LogP contribution in [0.15, 0.2) is 24.4 Å². The number of ether oxygens (including phenoxy) is 2. The lowest BCUT2D eigenvalue weighted by Gasteiger charge is -2.24. The van der Waals surface area contributed by atoms with Gasteiger partial charge in [0.2, 0.25) is 0 Å². The second kappa shape index (κ2) is 6.48. The van der Waals surface area contributed by atoms with Crippen LogP contribution in [0.3, 0.4) is 0 Å². The Hall–Kier alpha value is -1.89. The number of aromatic nitrogens is 2. The molecule has 0 aliphatic carbocycles. The van der Waals surface area contributed by atoms with Gasteiger partial charge < -0.3 is 20.5 Å². The van der Waals surface area contributed by atoms with E-state index in [1.807, 2.05) is 18.2 Å². The molecule has 2 aromatic rings. The molecule has 1 aliphatic heterocycles. The zero-order valence-corrected chi connectivity index (χ0v) is 12.9. The zero-order chi connectivity index (χ0) is 15.5. The van der Waals surface area contributed by atoms with Crippen LogP contribution in [0.5, 0.6) is 5.88 Å². The number of nitrogens with one attached hydrogen (secondary N) is 1. The van der Waals surface area contributed by atoms with Crippen molar-refractivity contribution in [2.24, 2.45) is 0 Å². The molecule has 3 rings (SSSR count). The fourth-order valence-corrected chi connectivity index (χ4v) is 2.66. The average Bonchev–Trinajstić information content (AvgIpc) is 2.55. The maximum atomic E-state index is 6.25. The van der Waals surface area contributed by atoms with Gasteiger partial charge in [0.25, 0.3) is 5.88 Å². The van der Waals surface area contributed by atoms with Gasteiger partial charge in [-0.15, -0.1) is 0 Å². The average molecular weight is 321 g/mol. The highest BCUT2D eigenvalue weighted by Crippen LogP contribution is 2.29. The molecular weight excluding hydrogens is 304 g/mol. The minimum absolute atomic E-state index is 0.120. The standard InChI is InChI=1S/C15H17ClN4O2/c1-21-15-14(17)19-7-12(20-15)9-4-10(6-11(16)5-9)13-8-22-3-2-18-13/h4-7,13,18H,2-3,8H2,1H3,(H2,17,19). The summed E-state index contributed by atoms with van der Waals surface area (Å²) in [6.07, 6.45) is 1.61. The summed E-state index contributed by atoms with van der Waals surface area (Å²) in [5.41, 5.74) is 8.28. The molecule has 1 fully saturated rings. The molecule has 7 heteroatoms. The van der Waals surface area contributed by atoms with Crippen LogP contribution in [-0.2, 0) is 4.74 Å². The summed E-state index contributed by atoms with van der Waals surface area (Å²) in [6.45, 7) is 2.17. The van der Waals surface area contributed by atoms with Crippen LogP contribution in [0.25, 0.3) is 11.3 Å². The lowest BCUT2D eigenvalue weighted by atomic mass is 10.0. The molecule has 0 bridgehead atoms. The van der Waals surface area contributed by atoms with E-state index in [0.29, 0.717) is 23.2 Å². The van der Waals surface area contributed by atoms with Crippen molar-refractivity contribution >= 4 is 17.4 Å². The van der Waals surface area contributed by atoms with Crippen LogP contribution in [0.4, 0.5) is 5.82 Å². The van der Waals surface area contributed by atoms with E-state index in [4.69, 9.17) is 26.8 Å². The summed E-state index contributed by atoms with van der Waals surface area (Å²) in [6, 6.07) is 5.92. The highest BCUT2D eigenvalue weighted by molar-refractivity contribution is 6.31. The van der Waals surface area contributed by atoms with Gasteiger partial charge in [-0.2, -0.15) is 0 Å². The second-order valence-corrected chi connectivity index (χ2v) is 5.44. The van der Waals surface area contributed by atoms with E-state index in [1.54, 1.807) is 6.20 Å². The van der Waals surface area contributed by atoms with Gasteiger partial charge in [0.1, 0.15) is 0 Å². The van der Waals surface area contributed by atoms with Gasteiger partial charge in [-0.3, -0.25) is 0 Å². The number of hydrogen-bond donors (Lipinski definition) is 2. The van der Waals surface area contributed by atoms with Crippen molar-refractivity contribution in [2.75, 3.05) is 32.6 Å². The van der Waals surface area contributed by atoms with Gasteiger partial charge in [0.15, 0.2) is 5.82 Å². The number of nitrogens with two attached hydrogens (primary N) is 1. The lowest BCUT2D eigenvalue weighted by Crippen LogP contribution is -2.34. The van der Waals surface area contributed by atoms with Crippen molar-refractivity contribution in [3.05, 3.63) is 35.0 Å². The topological polar surface area (TPSA) is 82.3 Å². The molecule has 0 spiro atoms. The normalized spacial score (nSPS) is 18.2. The smallest absolute Gasteiger partial charge is 0.257 e. The Kier molecular flexibility index (Phi) is 4.42. The highest BCUT2D eigenvalue weighted by atomic mass is 35.5. The highest BCUT2D eigenvalue weighted by Gasteiger charge is 2.17. The minimum atomic E-state index is 0.120. The van der Waals surface area contributed by atoms with E-state index in [1.165, 1.54) is 7.11 Å². The number of anilines is 1. The van der Waals surface area contributed by atoms with E-state index in [2.05, 4.69) is 15.3 Å². The molecule has 1 unspecified atom stereocenters. The third-order valence-electron chi connectivity index (χ3n) is 3.50. The largest absolute Gasteiger partial charge is 0.478 e. The van der Waals surface area contributed by atoms with Crippen LogP contribution >= 0.6 is 11.6 Å². The molecule has 3 N–H and O–H groups in total. The third kappa shape index (κ3) is 3.14. The molecule has 116 valence electrons. The van der Waals surface area contributed by atoms with E-state index in [9.17, 15) is 0 Å². The predicted molar refractivity (Wildman–Crippen MR) is 85.0 cm³/mol. The summed E-state index contributed by atoms with van der Waals surface area (Å²) in [7, 11) is 1.51. The summed E-state index contributed by atoms with van der Waals surface area (Å²) in [5.74, 6) is 0.564. The van der Waals surface area contributed by atoms with Gasteiger partial charge >= 0.3 is 0 Å². The second-order valence-electron chi connectivity index (χ2n) is 5.00. The first-order valence-corrected chi connectivity index (χ1v) is 7.33. The van der Waals surface area contributed by atoms with Crippen LogP contribution in [0.1, 0.15) is 11.6 Å². The van der Waals surface area contributed by atoms with E-state index in [0.717, 1.165) is 24.3 Å².